The van der Waals surface area contributed by atoms with E-state index in [2.05, 4.69) is 5.32 Å². The van der Waals surface area contributed by atoms with E-state index in [0.717, 1.165) is 11.1 Å². The van der Waals surface area contributed by atoms with Crippen molar-refractivity contribution >= 4 is 28.9 Å². The zero-order valence-corrected chi connectivity index (χ0v) is 15.9. The molecule has 0 aliphatic rings. The molecular formula is C22H21NO3S. The van der Waals surface area contributed by atoms with Gasteiger partial charge in [0.15, 0.2) is 0 Å². The van der Waals surface area contributed by atoms with E-state index >= 15 is 0 Å². The van der Waals surface area contributed by atoms with Crippen molar-refractivity contribution in [3.63, 3.8) is 0 Å². The largest absolute Gasteiger partial charge is 0.447 e. The number of aryl methyl sites for hydroxylation is 2. The second-order valence-corrected chi connectivity index (χ2v) is 7.05. The van der Waals surface area contributed by atoms with Gasteiger partial charge in [0.05, 0.1) is 0 Å². The molecule has 0 aliphatic heterocycles. The van der Waals surface area contributed by atoms with Gasteiger partial charge in [-0.25, -0.2) is 0 Å². The predicted molar refractivity (Wildman–Crippen MR) is 108 cm³/mol. The monoisotopic (exact) mass is 379 g/mol. The van der Waals surface area contributed by atoms with Gasteiger partial charge in [-0.1, -0.05) is 48.0 Å². The number of anilines is 1. The van der Waals surface area contributed by atoms with Crippen molar-refractivity contribution in [3.8, 4) is 0 Å². The molecule has 1 heterocycles. The van der Waals surface area contributed by atoms with Gasteiger partial charge in [0.2, 0.25) is 6.10 Å². The Balaban J connectivity index is 1.69. The molecule has 2 aromatic carbocycles. The fraction of sp³-hybridized carbons (Fsp3) is 0.182. The van der Waals surface area contributed by atoms with Gasteiger partial charge in [-0.05, 0) is 47.9 Å². The third kappa shape index (κ3) is 5.53. The van der Waals surface area contributed by atoms with Crippen LogP contribution in [0.15, 0.2) is 71.4 Å². The van der Waals surface area contributed by atoms with Crippen LogP contribution in [0.2, 0.25) is 0 Å². The van der Waals surface area contributed by atoms with Gasteiger partial charge in [0, 0.05) is 17.7 Å². The summed E-state index contributed by atoms with van der Waals surface area (Å²) in [6, 6.07) is 18.5. The van der Waals surface area contributed by atoms with Crippen molar-refractivity contribution in [1.29, 1.82) is 0 Å². The van der Waals surface area contributed by atoms with E-state index < -0.39 is 12.1 Å². The van der Waals surface area contributed by atoms with Gasteiger partial charge in [-0.2, -0.15) is 11.3 Å². The maximum Gasteiger partial charge on any atom is 0.307 e. The Kier molecular flexibility index (Phi) is 6.39. The molecule has 3 rings (SSSR count). The first-order valence-corrected chi connectivity index (χ1v) is 9.69. The van der Waals surface area contributed by atoms with Gasteiger partial charge in [0.1, 0.15) is 0 Å². The number of rotatable bonds is 7. The molecule has 1 N–H and O–H groups in total. The average molecular weight is 379 g/mol. The van der Waals surface area contributed by atoms with Crippen molar-refractivity contribution in [2.24, 2.45) is 0 Å². The SMILES string of the molecule is Cc1ccc(NC(=O)[C@@H](OC(=O)CCc2ccsc2)c2ccccc2)cc1. The number of esters is 1. The number of nitrogens with one attached hydrogen (secondary N) is 1. The van der Waals surface area contributed by atoms with Crippen LogP contribution < -0.4 is 5.32 Å². The van der Waals surface area contributed by atoms with Crippen LogP contribution in [0.1, 0.15) is 29.2 Å². The molecule has 3 aromatic rings. The molecule has 0 fully saturated rings. The van der Waals surface area contributed by atoms with Gasteiger partial charge in [0.25, 0.3) is 5.91 Å². The second kappa shape index (κ2) is 9.14. The minimum Gasteiger partial charge on any atom is -0.447 e. The number of carbonyl (C=O) groups is 2. The van der Waals surface area contributed by atoms with Crippen molar-refractivity contribution in [2.75, 3.05) is 5.32 Å². The van der Waals surface area contributed by atoms with Crippen LogP contribution in [0.5, 0.6) is 0 Å². The van der Waals surface area contributed by atoms with E-state index in [-0.39, 0.29) is 12.3 Å². The summed E-state index contributed by atoms with van der Waals surface area (Å²) in [6.07, 6.45) is -0.149. The van der Waals surface area contributed by atoms with E-state index in [9.17, 15) is 9.59 Å². The molecule has 5 heteroatoms. The number of amides is 1. The molecule has 1 atom stereocenters. The molecule has 0 aliphatic carbocycles. The van der Waals surface area contributed by atoms with Crippen LogP contribution in [-0.4, -0.2) is 11.9 Å². The first-order valence-electron chi connectivity index (χ1n) is 8.75. The fourth-order valence-corrected chi connectivity index (χ4v) is 3.32. The number of thiophene rings is 1. The number of carbonyl (C=O) groups excluding carboxylic acids is 2. The highest BCUT2D eigenvalue weighted by molar-refractivity contribution is 7.07. The molecule has 27 heavy (non-hydrogen) atoms. The summed E-state index contributed by atoms with van der Waals surface area (Å²) < 4.78 is 5.55. The maximum atomic E-state index is 12.8. The topological polar surface area (TPSA) is 55.4 Å². The van der Waals surface area contributed by atoms with Crippen LogP contribution in [0.3, 0.4) is 0 Å². The molecule has 0 unspecified atom stereocenters. The number of hydrogen-bond acceptors (Lipinski definition) is 4. The smallest absolute Gasteiger partial charge is 0.307 e. The third-order valence-corrected chi connectivity index (χ3v) is 4.84. The van der Waals surface area contributed by atoms with Crippen LogP contribution in [0.25, 0.3) is 0 Å². The van der Waals surface area contributed by atoms with Crippen LogP contribution in [-0.2, 0) is 20.7 Å². The molecule has 1 amide bonds. The highest BCUT2D eigenvalue weighted by atomic mass is 32.1. The lowest BCUT2D eigenvalue weighted by molar-refractivity contribution is -0.154. The first kappa shape index (κ1) is 18.9. The van der Waals surface area contributed by atoms with E-state index in [4.69, 9.17) is 4.74 Å². The van der Waals surface area contributed by atoms with Crippen LogP contribution >= 0.6 is 11.3 Å². The number of hydrogen-bond donors (Lipinski definition) is 1. The van der Waals surface area contributed by atoms with E-state index in [1.165, 1.54) is 0 Å². The Morgan fingerprint density at radius 1 is 1.04 bits per heavy atom. The van der Waals surface area contributed by atoms with Crippen molar-refractivity contribution in [1.82, 2.24) is 0 Å². The Labute approximate surface area is 162 Å². The summed E-state index contributed by atoms with van der Waals surface area (Å²) in [5, 5.41) is 6.81. The lowest BCUT2D eigenvalue weighted by atomic mass is 10.1. The zero-order valence-electron chi connectivity index (χ0n) is 15.1. The van der Waals surface area contributed by atoms with Crippen molar-refractivity contribution in [2.45, 2.75) is 25.9 Å². The fourth-order valence-electron chi connectivity index (χ4n) is 2.62. The Hall–Kier alpha value is -2.92. The van der Waals surface area contributed by atoms with Gasteiger partial charge < -0.3 is 10.1 Å². The highest BCUT2D eigenvalue weighted by Crippen LogP contribution is 2.21. The van der Waals surface area contributed by atoms with Gasteiger partial charge >= 0.3 is 5.97 Å². The van der Waals surface area contributed by atoms with Crippen molar-refractivity contribution in [3.05, 3.63) is 88.1 Å². The van der Waals surface area contributed by atoms with Crippen LogP contribution in [0.4, 0.5) is 5.69 Å². The molecule has 0 saturated carbocycles. The number of ether oxygens (including phenoxy) is 1. The van der Waals surface area contributed by atoms with Crippen LogP contribution in [0, 0.1) is 6.92 Å². The van der Waals surface area contributed by atoms with E-state index in [1.807, 2.05) is 66.2 Å². The quantitative estimate of drug-likeness (QED) is 0.593. The molecule has 0 radical (unpaired) electrons. The lowest BCUT2D eigenvalue weighted by Gasteiger charge is -2.18. The van der Waals surface area contributed by atoms with E-state index in [1.54, 1.807) is 23.5 Å². The van der Waals surface area contributed by atoms with E-state index in [0.29, 0.717) is 17.7 Å². The summed E-state index contributed by atoms with van der Waals surface area (Å²) in [7, 11) is 0. The molecule has 138 valence electrons. The standard InChI is InChI=1S/C22H21NO3S/c1-16-7-10-19(11-8-16)23-22(25)21(18-5-3-2-4-6-18)26-20(24)12-9-17-13-14-27-15-17/h2-8,10-11,13-15,21H,9,12H2,1H3,(H,23,25)/t21-/m0/s1. The Morgan fingerprint density at radius 2 is 1.78 bits per heavy atom. The summed E-state index contributed by atoms with van der Waals surface area (Å²) in [5.74, 6) is -0.761. The molecule has 1 aromatic heterocycles. The van der Waals surface area contributed by atoms with Crippen molar-refractivity contribution < 1.29 is 14.3 Å². The van der Waals surface area contributed by atoms with Gasteiger partial charge in [-0.15, -0.1) is 0 Å². The highest BCUT2D eigenvalue weighted by Gasteiger charge is 2.25. The lowest BCUT2D eigenvalue weighted by Crippen LogP contribution is -2.26. The predicted octanol–water partition coefficient (Wildman–Crippen LogP) is 4.91. The maximum absolute atomic E-state index is 12.8. The summed E-state index contributed by atoms with van der Waals surface area (Å²) >= 11 is 1.59. The third-order valence-electron chi connectivity index (χ3n) is 4.11. The normalized spacial score (nSPS) is 11.6. The molecule has 0 spiro atoms. The summed E-state index contributed by atoms with van der Waals surface area (Å²) in [6.45, 7) is 1.98. The average Bonchev–Trinajstić information content (AvgIpc) is 3.20. The van der Waals surface area contributed by atoms with Gasteiger partial charge in [-0.3, -0.25) is 9.59 Å². The molecule has 0 saturated heterocycles. The Bertz CT molecular complexity index is 874. The summed E-state index contributed by atoms with van der Waals surface area (Å²) in [5.41, 5.74) is 3.51. The Morgan fingerprint density at radius 3 is 2.44 bits per heavy atom. The summed E-state index contributed by atoms with van der Waals surface area (Å²) in [4.78, 5) is 25.1. The molecule has 0 bridgehead atoms. The molecule has 4 nitrogen and oxygen atoms in total. The second-order valence-electron chi connectivity index (χ2n) is 6.27. The number of benzene rings is 2. The minimum atomic E-state index is -0.984. The first-order chi connectivity index (χ1) is 13.1. The molecular weight excluding hydrogens is 358 g/mol. The minimum absolute atomic E-state index is 0.234. The zero-order chi connectivity index (χ0) is 19.1.